The molecule has 1 N–H and O–H groups in total. The molecule has 3 aromatic carbocycles. The molecule has 184 valence electrons. The van der Waals surface area contributed by atoms with Crippen molar-refractivity contribution in [3.05, 3.63) is 114 Å². The van der Waals surface area contributed by atoms with Crippen molar-refractivity contribution in [3.8, 4) is 22.1 Å². The van der Waals surface area contributed by atoms with Crippen LogP contribution in [0.1, 0.15) is 16.7 Å². The summed E-state index contributed by atoms with van der Waals surface area (Å²) in [5.74, 6) is 1.51. The fraction of sp³-hybridized carbons (Fsp3) is 0.0714. The van der Waals surface area contributed by atoms with Crippen LogP contribution in [0.3, 0.4) is 0 Å². The third-order valence-electron chi connectivity index (χ3n) is 5.91. The van der Waals surface area contributed by atoms with E-state index in [1.54, 1.807) is 30.3 Å². The molecule has 0 atom stereocenters. The van der Waals surface area contributed by atoms with Crippen LogP contribution >= 0.6 is 11.3 Å². The van der Waals surface area contributed by atoms with Gasteiger partial charge in [0.15, 0.2) is 0 Å². The predicted octanol–water partition coefficient (Wildman–Crippen LogP) is 6.39. The van der Waals surface area contributed by atoms with E-state index < -0.39 is 10.0 Å². The first-order valence-corrected chi connectivity index (χ1v) is 13.9. The molecule has 0 amide bonds. The number of aliphatic imine (C=N–C) groups is 1. The lowest BCUT2D eigenvalue weighted by Crippen LogP contribution is -2.15. The first-order chi connectivity index (χ1) is 18.0. The molecule has 2 aromatic heterocycles. The maximum atomic E-state index is 12.9. The van der Waals surface area contributed by atoms with Crippen molar-refractivity contribution >= 4 is 32.8 Å². The first kappa shape index (κ1) is 23.2. The Labute approximate surface area is 218 Å². The highest BCUT2D eigenvalue weighted by Crippen LogP contribution is 2.32. The normalized spacial score (nSPS) is 13.0. The minimum absolute atomic E-state index is 0.200. The van der Waals surface area contributed by atoms with E-state index in [9.17, 15) is 8.42 Å². The van der Waals surface area contributed by atoms with Crippen LogP contribution in [0.5, 0.6) is 11.5 Å². The van der Waals surface area contributed by atoms with Gasteiger partial charge in [0.25, 0.3) is 10.0 Å². The summed E-state index contributed by atoms with van der Waals surface area (Å²) in [6.07, 6.45) is 2.31. The number of hydrogen-bond donors (Lipinski definition) is 1. The van der Waals surface area contributed by atoms with Crippen LogP contribution in [0.4, 0.5) is 5.69 Å². The van der Waals surface area contributed by atoms with Crippen LogP contribution in [0.25, 0.3) is 10.6 Å². The maximum absolute atomic E-state index is 12.9. The quantitative estimate of drug-likeness (QED) is 0.265. The highest BCUT2D eigenvalue weighted by atomic mass is 32.2. The molecular formula is C28H21N3O4S2. The van der Waals surface area contributed by atoms with Gasteiger partial charge >= 0.3 is 0 Å². The van der Waals surface area contributed by atoms with E-state index in [1.807, 2.05) is 54.6 Å². The topological polar surface area (TPSA) is 93.8 Å². The van der Waals surface area contributed by atoms with Crippen LogP contribution in [-0.2, 0) is 16.4 Å². The molecule has 0 bridgehead atoms. The number of para-hydroxylation sites is 1. The minimum atomic E-state index is -3.74. The van der Waals surface area contributed by atoms with E-state index >= 15 is 0 Å². The maximum Gasteiger partial charge on any atom is 0.271 e. The molecule has 0 fully saturated rings. The lowest BCUT2D eigenvalue weighted by Gasteiger charge is -2.19. The van der Waals surface area contributed by atoms with Gasteiger partial charge in [-0.05, 0) is 60.5 Å². The molecule has 5 aromatic rings. The fourth-order valence-corrected chi connectivity index (χ4v) is 6.47. The number of nitrogens with one attached hydrogen (secondary N) is 1. The van der Waals surface area contributed by atoms with Gasteiger partial charge in [0.2, 0.25) is 0 Å². The summed E-state index contributed by atoms with van der Waals surface area (Å²) < 4.78 is 39.6. The number of rotatable bonds is 7. The van der Waals surface area contributed by atoms with Crippen LogP contribution < -0.4 is 9.46 Å². The molecule has 0 saturated carbocycles. The molecule has 1 aliphatic heterocycles. The summed E-state index contributed by atoms with van der Waals surface area (Å²) in [7, 11) is -3.74. The molecule has 7 nitrogen and oxygen atoms in total. The SMILES string of the molecule is O=S(=O)(Nc1ccc(C2=NCCc3ccc(Oc4ccccc4)cc32)cc1)c1ccc(-c2ccon2)s1. The third-order valence-corrected chi connectivity index (χ3v) is 8.89. The van der Waals surface area contributed by atoms with Gasteiger partial charge < -0.3 is 9.26 Å². The van der Waals surface area contributed by atoms with Crippen LogP contribution in [0, 0.1) is 0 Å². The standard InChI is InChI=1S/C28H21N3O4S2/c32-37(33,27-13-12-26(36-27)25-15-17-34-30-25)31-21-9-6-20(7-10-21)28-24-18-23(11-8-19(24)14-16-29-28)35-22-4-2-1-3-5-22/h1-13,15,17-18,31H,14,16H2. The molecule has 0 unspecified atom stereocenters. The van der Waals surface area contributed by atoms with Crippen LogP contribution in [0.2, 0.25) is 0 Å². The predicted molar refractivity (Wildman–Crippen MR) is 144 cm³/mol. The van der Waals surface area contributed by atoms with Gasteiger partial charge in [0.1, 0.15) is 27.7 Å². The number of nitrogens with zero attached hydrogens (tertiary/aromatic N) is 2. The van der Waals surface area contributed by atoms with Gasteiger partial charge in [0, 0.05) is 29.4 Å². The Morgan fingerprint density at radius 2 is 1.73 bits per heavy atom. The van der Waals surface area contributed by atoms with E-state index in [1.165, 1.54) is 11.8 Å². The van der Waals surface area contributed by atoms with Crippen molar-refractivity contribution in [1.29, 1.82) is 0 Å². The average molecular weight is 528 g/mol. The second-order valence-corrected chi connectivity index (χ2v) is 11.4. The molecule has 3 heterocycles. The summed E-state index contributed by atoms with van der Waals surface area (Å²) in [6, 6.07) is 28.0. The van der Waals surface area contributed by atoms with Crippen LogP contribution in [-0.4, -0.2) is 25.8 Å². The zero-order chi connectivity index (χ0) is 25.2. The second kappa shape index (κ2) is 9.68. The van der Waals surface area contributed by atoms with Gasteiger partial charge in [-0.2, -0.15) is 0 Å². The number of ether oxygens (including phenoxy) is 1. The Morgan fingerprint density at radius 3 is 2.51 bits per heavy atom. The summed E-state index contributed by atoms with van der Waals surface area (Å²) >= 11 is 1.13. The lowest BCUT2D eigenvalue weighted by molar-refractivity contribution is 0.422. The van der Waals surface area contributed by atoms with Crippen molar-refractivity contribution in [2.45, 2.75) is 10.6 Å². The lowest BCUT2D eigenvalue weighted by atomic mass is 9.93. The van der Waals surface area contributed by atoms with Gasteiger partial charge in [-0.25, -0.2) is 8.42 Å². The van der Waals surface area contributed by atoms with Crippen molar-refractivity contribution in [2.24, 2.45) is 4.99 Å². The number of hydrogen-bond acceptors (Lipinski definition) is 7. The summed E-state index contributed by atoms with van der Waals surface area (Å²) in [5, 5.41) is 3.86. The van der Waals surface area contributed by atoms with E-state index in [0.717, 1.165) is 46.1 Å². The monoisotopic (exact) mass is 527 g/mol. The number of fused-ring (bicyclic) bond motifs is 1. The molecule has 37 heavy (non-hydrogen) atoms. The fourth-order valence-electron chi connectivity index (χ4n) is 4.15. The summed E-state index contributed by atoms with van der Waals surface area (Å²) in [6.45, 7) is 0.696. The van der Waals surface area contributed by atoms with E-state index in [4.69, 9.17) is 14.3 Å². The zero-order valence-corrected chi connectivity index (χ0v) is 21.1. The van der Waals surface area contributed by atoms with Gasteiger partial charge in [0.05, 0.1) is 10.6 Å². The van der Waals surface area contributed by atoms with E-state index in [-0.39, 0.29) is 4.21 Å². The van der Waals surface area contributed by atoms with Crippen LogP contribution in [0.15, 0.2) is 111 Å². The molecule has 0 saturated heterocycles. The third kappa shape index (κ3) is 4.91. The van der Waals surface area contributed by atoms with Crippen molar-refractivity contribution < 1.29 is 17.7 Å². The van der Waals surface area contributed by atoms with Gasteiger partial charge in [-0.15, -0.1) is 11.3 Å². The highest BCUT2D eigenvalue weighted by molar-refractivity contribution is 7.94. The molecule has 0 radical (unpaired) electrons. The van der Waals surface area contributed by atoms with Crippen molar-refractivity contribution in [3.63, 3.8) is 0 Å². The first-order valence-electron chi connectivity index (χ1n) is 11.6. The Balaban J connectivity index is 1.22. The molecular weight excluding hydrogens is 506 g/mol. The Morgan fingerprint density at radius 1 is 0.892 bits per heavy atom. The Hall–Kier alpha value is -4.21. The number of anilines is 1. The zero-order valence-electron chi connectivity index (χ0n) is 19.5. The Bertz CT molecular complexity index is 1680. The molecule has 6 rings (SSSR count). The minimum Gasteiger partial charge on any atom is -0.457 e. The van der Waals surface area contributed by atoms with Crippen molar-refractivity contribution in [2.75, 3.05) is 11.3 Å². The van der Waals surface area contributed by atoms with Crippen molar-refractivity contribution in [1.82, 2.24) is 5.16 Å². The molecule has 0 spiro atoms. The Kier molecular flexibility index (Phi) is 6.07. The largest absolute Gasteiger partial charge is 0.457 e. The summed E-state index contributed by atoms with van der Waals surface area (Å²) in [5.41, 5.74) is 5.07. The van der Waals surface area contributed by atoms with Gasteiger partial charge in [-0.3, -0.25) is 9.71 Å². The number of sulfonamides is 1. The van der Waals surface area contributed by atoms with E-state index in [0.29, 0.717) is 22.8 Å². The number of thiophene rings is 1. The number of aromatic nitrogens is 1. The molecule has 1 aliphatic rings. The molecule has 9 heteroatoms. The van der Waals surface area contributed by atoms with Gasteiger partial charge in [-0.1, -0.05) is 41.6 Å². The summed E-state index contributed by atoms with van der Waals surface area (Å²) in [4.78, 5) is 5.50. The number of benzene rings is 3. The van der Waals surface area contributed by atoms with E-state index in [2.05, 4.69) is 15.9 Å². The highest BCUT2D eigenvalue weighted by Gasteiger charge is 2.20. The average Bonchev–Trinajstić information content (AvgIpc) is 3.62. The molecule has 0 aliphatic carbocycles. The smallest absolute Gasteiger partial charge is 0.271 e. The second-order valence-electron chi connectivity index (χ2n) is 8.40.